The van der Waals surface area contributed by atoms with Gasteiger partial charge in [0.25, 0.3) is 11.8 Å². The van der Waals surface area contributed by atoms with Crippen LogP contribution in [0.1, 0.15) is 63.9 Å². The monoisotopic (exact) mass is 390 g/mol. The molecular weight excluding hydrogens is 364 g/mol. The Labute approximate surface area is 171 Å². The molecule has 1 atom stereocenters. The Morgan fingerprint density at radius 3 is 2.66 bits per heavy atom. The van der Waals surface area contributed by atoms with Crippen LogP contribution in [0.5, 0.6) is 5.75 Å². The predicted octanol–water partition coefficient (Wildman–Crippen LogP) is 3.71. The summed E-state index contributed by atoms with van der Waals surface area (Å²) in [6.45, 7) is 1.05. The lowest BCUT2D eigenvalue weighted by Crippen LogP contribution is -2.38. The van der Waals surface area contributed by atoms with Crippen molar-refractivity contribution in [1.29, 1.82) is 0 Å². The highest BCUT2D eigenvalue weighted by Crippen LogP contribution is 2.33. The van der Waals surface area contributed by atoms with Gasteiger partial charge in [0.15, 0.2) is 0 Å². The van der Waals surface area contributed by atoms with Gasteiger partial charge in [-0.05, 0) is 36.1 Å². The Balaban J connectivity index is 1.28. The minimum atomic E-state index is -0.194. The van der Waals surface area contributed by atoms with E-state index in [-0.39, 0.29) is 17.9 Å². The third-order valence-electron chi connectivity index (χ3n) is 6.43. The van der Waals surface area contributed by atoms with Crippen LogP contribution >= 0.6 is 0 Å². The average Bonchev–Trinajstić information content (AvgIpc) is 3.33. The molecule has 2 aliphatic heterocycles. The third-order valence-corrected chi connectivity index (χ3v) is 6.43. The lowest BCUT2D eigenvalue weighted by molar-refractivity contribution is 0.0656. The fourth-order valence-corrected chi connectivity index (χ4v) is 4.93. The second-order valence-electron chi connectivity index (χ2n) is 8.33. The predicted molar refractivity (Wildman–Crippen MR) is 110 cm³/mol. The molecule has 150 valence electrons. The highest BCUT2D eigenvalue weighted by Gasteiger charge is 2.36. The number of hydrogen-bond acceptors (Lipinski definition) is 3. The van der Waals surface area contributed by atoms with Crippen LogP contribution in [0.15, 0.2) is 42.5 Å². The fraction of sp³-hybridized carbons (Fsp3) is 0.417. The third kappa shape index (κ3) is 3.39. The van der Waals surface area contributed by atoms with E-state index in [0.29, 0.717) is 30.3 Å². The Morgan fingerprint density at radius 2 is 1.83 bits per heavy atom. The Kier molecular flexibility index (Phi) is 4.74. The van der Waals surface area contributed by atoms with Crippen LogP contribution in [-0.4, -0.2) is 35.4 Å². The van der Waals surface area contributed by atoms with Crippen LogP contribution in [0.4, 0.5) is 0 Å². The van der Waals surface area contributed by atoms with Crippen molar-refractivity contribution in [2.75, 3.05) is 6.54 Å². The first-order chi connectivity index (χ1) is 14.2. The van der Waals surface area contributed by atoms with Crippen LogP contribution in [0, 0.1) is 0 Å². The van der Waals surface area contributed by atoms with Crippen LogP contribution < -0.4 is 10.1 Å². The van der Waals surface area contributed by atoms with Crippen molar-refractivity contribution in [2.45, 2.75) is 57.2 Å². The Morgan fingerprint density at radius 1 is 1.03 bits per heavy atom. The van der Waals surface area contributed by atoms with Gasteiger partial charge in [0.1, 0.15) is 11.9 Å². The molecule has 2 aromatic rings. The quantitative estimate of drug-likeness (QED) is 0.866. The van der Waals surface area contributed by atoms with Gasteiger partial charge in [-0.3, -0.25) is 9.59 Å². The summed E-state index contributed by atoms with van der Waals surface area (Å²) in [5, 5.41) is 2.99. The molecule has 29 heavy (non-hydrogen) atoms. The van der Waals surface area contributed by atoms with Gasteiger partial charge in [-0.1, -0.05) is 49.6 Å². The van der Waals surface area contributed by atoms with Gasteiger partial charge >= 0.3 is 0 Å². The molecule has 0 bridgehead atoms. The van der Waals surface area contributed by atoms with E-state index in [1.54, 1.807) is 6.07 Å². The van der Waals surface area contributed by atoms with E-state index in [2.05, 4.69) is 11.4 Å². The fourth-order valence-electron chi connectivity index (χ4n) is 4.93. The summed E-state index contributed by atoms with van der Waals surface area (Å²) in [4.78, 5) is 28.1. The number of benzene rings is 2. The van der Waals surface area contributed by atoms with Crippen molar-refractivity contribution in [3.63, 3.8) is 0 Å². The zero-order valence-corrected chi connectivity index (χ0v) is 16.5. The summed E-state index contributed by atoms with van der Waals surface area (Å²) in [6, 6.07) is 13.9. The number of amides is 2. The van der Waals surface area contributed by atoms with Gasteiger partial charge in [0.2, 0.25) is 0 Å². The van der Waals surface area contributed by atoms with Crippen molar-refractivity contribution in [3.8, 4) is 5.75 Å². The summed E-state index contributed by atoms with van der Waals surface area (Å²) >= 11 is 0. The number of ether oxygens (including phenoxy) is 1. The molecule has 3 aliphatic rings. The SMILES string of the molecule is O=C(NCC1Cc2ccccc2O1)c1cccc2c1C(=O)N(C1CCCCC1)C2. The second kappa shape index (κ2) is 7.54. The zero-order valence-electron chi connectivity index (χ0n) is 16.5. The van der Waals surface area contributed by atoms with E-state index in [4.69, 9.17) is 4.74 Å². The maximum absolute atomic E-state index is 13.2. The topological polar surface area (TPSA) is 58.6 Å². The summed E-state index contributed by atoms with van der Waals surface area (Å²) in [6.07, 6.45) is 6.48. The first-order valence-corrected chi connectivity index (χ1v) is 10.7. The molecule has 2 aromatic carbocycles. The minimum Gasteiger partial charge on any atom is -0.488 e. The van der Waals surface area contributed by atoms with E-state index in [1.165, 1.54) is 24.8 Å². The van der Waals surface area contributed by atoms with Crippen molar-refractivity contribution >= 4 is 11.8 Å². The number of para-hydroxylation sites is 1. The Hall–Kier alpha value is -2.82. The number of fused-ring (bicyclic) bond motifs is 2. The molecule has 0 spiro atoms. The summed E-state index contributed by atoms with van der Waals surface area (Å²) in [5.74, 6) is 0.716. The first kappa shape index (κ1) is 18.2. The molecule has 1 N–H and O–H groups in total. The van der Waals surface area contributed by atoms with Gasteiger partial charge in [0.05, 0.1) is 17.7 Å². The summed E-state index contributed by atoms with van der Waals surface area (Å²) in [7, 11) is 0. The first-order valence-electron chi connectivity index (χ1n) is 10.7. The molecule has 5 nitrogen and oxygen atoms in total. The van der Waals surface area contributed by atoms with E-state index in [0.717, 1.165) is 30.6 Å². The average molecular weight is 390 g/mol. The molecule has 0 radical (unpaired) electrons. The molecular formula is C24H26N2O3. The smallest absolute Gasteiger partial charge is 0.255 e. The highest BCUT2D eigenvalue weighted by molar-refractivity contribution is 6.09. The lowest BCUT2D eigenvalue weighted by Gasteiger charge is -2.30. The maximum atomic E-state index is 13.2. The molecule has 2 heterocycles. The van der Waals surface area contributed by atoms with Crippen molar-refractivity contribution in [1.82, 2.24) is 10.2 Å². The van der Waals surface area contributed by atoms with Crippen LogP contribution in [0.3, 0.4) is 0 Å². The number of rotatable bonds is 4. The number of carbonyl (C=O) groups is 2. The van der Waals surface area contributed by atoms with Crippen molar-refractivity contribution < 1.29 is 14.3 Å². The van der Waals surface area contributed by atoms with Gasteiger partial charge in [-0.15, -0.1) is 0 Å². The van der Waals surface area contributed by atoms with Gasteiger partial charge in [0, 0.05) is 19.0 Å². The van der Waals surface area contributed by atoms with Gasteiger partial charge in [-0.2, -0.15) is 0 Å². The molecule has 1 aliphatic carbocycles. The molecule has 0 aromatic heterocycles. The van der Waals surface area contributed by atoms with Crippen molar-refractivity contribution in [3.05, 3.63) is 64.7 Å². The molecule has 1 unspecified atom stereocenters. The molecule has 5 heteroatoms. The standard InChI is InChI=1S/C24H26N2O3/c27-23(25-14-19-13-16-7-4-5-12-21(16)29-19)20-11-6-8-17-15-26(24(28)22(17)20)18-9-2-1-3-10-18/h4-8,11-12,18-19H,1-3,9-10,13-15H2,(H,25,27). The van der Waals surface area contributed by atoms with Crippen LogP contribution in [-0.2, 0) is 13.0 Å². The number of nitrogens with one attached hydrogen (secondary N) is 1. The highest BCUT2D eigenvalue weighted by atomic mass is 16.5. The molecule has 5 rings (SSSR count). The van der Waals surface area contributed by atoms with Crippen LogP contribution in [0.2, 0.25) is 0 Å². The van der Waals surface area contributed by atoms with E-state index >= 15 is 0 Å². The summed E-state index contributed by atoms with van der Waals surface area (Å²) in [5.41, 5.74) is 3.22. The lowest BCUT2D eigenvalue weighted by atomic mass is 9.94. The second-order valence-corrected chi connectivity index (χ2v) is 8.33. The van der Waals surface area contributed by atoms with Crippen LogP contribution in [0.25, 0.3) is 0 Å². The van der Waals surface area contributed by atoms with E-state index in [1.807, 2.05) is 35.2 Å². The molecule has 1 saturated carbocycles. The maximum Gasteiger partial charge on any atom is 0.255 e. The summed E-state index contributed by atoms with van der Waals surface area (Å²) < 4.78 is 5.91. The molecule has 0 saturated heterocycles. The van der Waals surface area contributed by atoms with E-state index < -0.39 is 0 Å². The minimum absolute atomic E-state index is 0.0159. The number of nitrogens with zero attached hydrogens (tertiary/aromatic N) is 1. The van der Waals surface area contributed by atoms with Gasteiger partial charge in [-0.25, -0.2) is 0 Å². The van der Waals surface area contributed by atoms with E-state index in [9.17, 15) is 9.59 Å². The number of carbonyl (C=O) groups excluding carboxylic acids is 2. The normalized spacial score (nSPS) is 20.9. The molecule has 1 fully saturated rings. The largest absolute Gasteiger partial charge is 0.488 e. The Bertz CT molecular complexity index is 924. The van der Waals surface area contributed by atoms with Crippen molar-refractivity contribution in [2.24, 2.45) is 0 Å². The number of hydrogen-bond donors (Lipinski definition) is 1. The van der Waals surface area contributed by atoms with Gasteiger partial charge < -0.3 is 15.0 Å². The molecule has 2 amide bonds. The zero-order chi connectivity index (χ0) is 19.8.